The van der Waals surface area contributed by atoms with Crippen molar-refractivity contribution in [3.05, 3.63) is 81.9 Å². The van der Waals surface area contributed by atoms with Crippen LogP contribution in [0, 0.1) is 33.8 Å². The summed E-state index contributed by atoms with van der Waals surface area (Å²) in [4.78, 5) is 36.6. The van der Waals surface area contributed by atoms with E-state index in [0.717, 1.165) is 17.0 Å². The van der Waals surface area contributed by atoms with E-state index in [0.29, 0.717) is 5.56 Å². The second kappa shape index (κ2) is 7.46. The van der Waals surface area contributed by atoms with Gasteiger partial charge in [0.2, 0.25) is 5.75 Å². The van der Waals surface area contributed by atoms with Crippen LogP contribution in [0.4, 0.5) is 5.69 Å². The lowest BCUT2D eigenvalue weighted by Gasteiger charge is -2.13. The van der Waals surface area contributed by atoms with E-state index in [1.54, 1.807) is 6.07 Å². The monoisotopic (exact) mass is 417 g/mol. The summed E-state index contributed by atoms with van der Waals surface area (Å²) >= 11 is 0. The fourth-order valence-corrected chi connectivity index (χ4v) is 4.79. The van der Waals surface area contributed by atoms with Crippen molar-refractivity contribution in [1.82, 2.24) is 5.01 Å². The molecule has 0 aromatic heterocycles. The maximum absolute atomic E-state index is 12.8. The number of hydrazone groups is 1. The van der Waals surface area contributed by atoms with Gasteiger partial charge in [0.25, 0.3) is 11.8 Å². The van der Waals surface area contributed by atoms with Crippen LogP contribution < -0.4 is 4.74 Å². The number of fused-ring (bicyclic) bond motifs is 5. The molecular weight excluding hydrogens is 398 g/mol. The molecule has 2 fully saturated rings. The summed E-state index contributed by atoms with van der Waals surface area (Å²) in [6, 6.07) is 13.7. The third-order valence-electron chi connectivity index (χ3n) is 6.21. The topological polar surface area (TPSA) is 102 Å². The van der Waals surface area contributed by atoms with Gasteiger partial charge < -0.3 is 4.74 Å². The van der Waals surface area contributed by atoms with Crippen LogP contribution in [0.5, 0.6) is 5.75 Å². The van der Waals surface area contributed by atoms with Crippen molar-refractivity contribution < 1.29 is 19.2 Å². The minimum atomic E-state index is -0.530. The minimum Gasteiger partial charge on any atom is -0.481 e. The largest absolute Gasteiger partial charge is 0.481 e. The maximum Gasteiger partial charge on any atom is 0.311 e. The Morgan fingerprint density at radius 3 is 2.35 bits per heavy atom. The number of ether oxygens (including phenoxy) is 1. The number of imide groups is 1. The zero-order chi connectivity index (χ0) is 21.5. The molecule has 156 valence electrons. The second-order valence-electron chi connectivity index (χ2n) is 7.96. The Balaban J connectivity index is 1.42. The molecule has 1 saturated carbocycles. The molecule has 0 spiro atoms. The molecular formula is C23H19N3O5. The summed E-state index contributed by atoms with van der Waals surface area (Å²) in [5.41, 5.74) is 0.964. The molecule has 8 heteroatoms. The summed E-state index contributed by atoms with van der Waals surface area (Å²) in [6.07, 6.45) is 6.16. The molecule has 0 radical (unpaired) electrons. The van der Waals surface area contributed by atoms with E-state index >= 15 is 0 Å². The van der Waals surface area contributed by atoms with Crippen molar-refractivity contribution in [1.29, 1.82) is 0 Å². The smallest absolute Gasteiger partial charge is 0.311 e. The lowest BCUT2D eigenvalue weighted by atomic mass is 9.85. The van der Waals surface area contributed by atoms with Crippen molar-refractivity contribution in [3.63, 3.8) is 0 Å². The zero-order valence-corrected chi connectivity index (χ0v) is 16.5. The van der Waals surface area contributed by atoms with E-state index in [-0.39, 0.29) is 53.5 Å². The van der Waals surface area contributed by atoms with Crippen molar-refractivity contribution in [2.75, 3.05) is 0 Å². The van der Waals surface area contributed by atoms with E-state index in [1.807, 2.05) is 42.5 Å². The highest BCUT2D eigenvalue weighted by molar-refractivity contribution is 6.07. The summed E-state index contributed by atoms with van der Waals surface area (Å²) < 4.78 is 5.77. The number of carbonyl (C=O) groups is 2. The Bertz CT molecular complexity index is 1100. The van der Waals surface area contributed by atoms with Gasteiger partial charge >= 0.3 is 5.69 Å². The molecule has 31 heavy (non-hydrogen) atoms. The Morgan fingerprint density at radius 2 is 1.71 bits per heavy atom. The van der Waals surface area contributed by atoms with Crippen LogP contribution >= 0.6 is 0 Å². The molecule has 0 unspecified atom stereocenters. The highest BCUT2D eigenvalue weighted by atomic mass is 16.6. The normalized spacial score (nSPS) is 26.1. The first kappa shape index (κ1) is 19.2. The number of rotatable bonds is 6. The van der Waals surface area contributed by atoms with Gasteiger partial charge in [0.05, 0.1) is 23.0 Å². The molecule has 0 N–H and O–H groups in total. The van der Waals surface area contributed by atoms with Crippen LogP contribution in [0.25, 0.3) is 0 Å². The molecule has 2 amide bonds. The number of nitro groups is 1. The number of allylic oxidation sites excluding steroid dienone is 2. The highest BCUT2D eigenvalue weighted by Crippen LogP contribution is 2.52. The van der Waals surface area contributed by atoms with Crippen molar-refractivity contribution in [2.45, 2.75) is 13.0 Å². The van der Waals surface area contributed by atoms with Gasteiger partial charge in [-0.1, -0.05) is 48.6 Å². The Kier molecular flexibility index (Phi) is 4.62. The van der Waals surface area contributed by atoms with E-state index < -0.39 is 4.92 Å². The first-order valence-corrected chi connectivity index (χ1v) is 10.1. The minimum absolute atomic E-state index is 0.0427. The van der Waals surface area contributed by atoms with Gasteiger partial charge in [-0.25, -0.2) is 0 Å². The average Bonchev–Trinajstić information content (AvgIpc) is 3.46. The summed E-state index contributed by atoms with van der Waals surface area (Å²) in [5, 5.41) is 16.6. The van der Waals surface area contributed by atoms with Crippen LogP contribution in [-0.4, -0.2) is 28.0 Å². The number of benzene rings is 2. The molecule has 2 aromatic carbocycles. The first-order valence-electron chi connectivity index (χ1n) is 10.1. The number of hydrogen-bond donors (Lipinski definition) is 0. The molecule has 2 bridgehead atoms. The summed E-state index contributed by atoms with van der Waals surface area (Å²) in [6.45, 7) is 0.132. The highest BCUT2D eigenvalue weighted by Gasteiger charge is 2.59. The molecule has 1 aliphatic heterocycles. The number of nitrogens with zero attached hydrogens (tertiary/aromatic N) is 3. The number of nitro benzene ring substituents is 1. The molecule has 5 rings (SSSR count). The first-order chi connectivity index (χ1) is 15.0. The van der Waals surface area contributed by atoms with Gasteiger partial charge in [0.15, 0.2) is 0 Å². The molecule has 3 aliphatic rings. The van der Waals surface area contributed by atoms with Gasteiger partial charge in [-0.3, -0.25) is 19.7 Å². The molecule has 8 nitrogen and oxygen atoms in total. The van der Waals surface area contributed by atoms with E-state index in [4.69, 9.17) is 4.74 Å². The Hall–Kier alpha value is -3.81. The van der Waals surface area contributed by atoms with Gasteiger partial charge in [0.1, 0.15) is 6.61 Å². The third-order valence-corrected chi connectivity index (χ3v) is 6.21. The van der Waals surface area contributed by atoms with Crippen LogP contribution in [-0.2, 0) is 16.2 Å². The quantitative estimate of drug-likeness (QED) is 0.236. The molecule has 4 atom stereocenters. The van der Waals surface area contributed by atoms with Gasteiger partial charge in [-0.2, -0.15) is 10.1 Å². The van der Waals surface area contributed by atoms with Gasteiger partial charge in [-0.15, -0.1) is 0 Å². The van der Waals surface area contributed by atoms with E-state index in [2.05, 4.69) is 5.10 Å². The number of carbonyl (C=O) groups excluding carboxylic acids is 2. The van der Waals surface area contributed by atoms with Crippen molar-refractivity contribution in [3.8, 4) is 5.75 Å². The zero-order valence-electron chi connectivity index (χ0n) is 16.5. The molecule has 2 aliphatic carbocycles. The van der Waals surface area contributed by atoms with E-state index in [1.165, 1.54) is 18.3 Å². The van der Waals surface area contributed by atoms with Crippen molar-refractivity contribution in [2.24, 2.45) is 28.8 Å². The SMILES string of the molecule is O=C1[C@@H]2[C@H](C(=O)N1N=Cc1cccc([N+](=O)[O-])c1OCc1ccccc1)[C@H]1C=C[C@H]2C1. The van der Waals surface area contributed by atoms with Crippen LogP contribution in [0.15, 0.2) is 65.8 Å². The fourth-order valence-electron chi connectivity index (χ4n) is 4.79. The number of para-hydroxylation sites is 1. The number of amides is 2. The molecule has 1 saturated heterocycles. The standard InChI is InChI=1S/C23H19N3O5/c27-22-19-15-9-10-16(11-15)20(19)23(28)25(22)24-12-17-7-4-8-18(26(29)30)21(17)31-13-14-5-2-1-3-6-14/h1-10,12,15-16,19-20H,11,13H2/t15-,16-,19-,20+/m0/s1. The van der Waals surface area contributed by atoms with Crippen LogP contribution in [0.2, 0.25) is 0 Å². The Morgan fingerprint density at radius 1 is 1.03 bits per heavy atom. The van der Waals surface area contributed by atoms with Gasteiger partial charge in [0, 0.05) is 11.6 Å². The fraction of sp³-hybridized carbons (Fsp3) is 0.261. The molecule has 1 heterocycles. The summed E-state index contributed by atoms with van der Waals surface area (Å²) in [7, 11) is 0. The predicted octanol–water partition coefficient (Wildman–Crippen LogP) is 3.31. The maximum atomic E-state index is 12.8. The lowest BCUT2D eigenvalue weighted by molar-refractivity contribution is -0.385. The molecule has 2 aromatic rings. The average molecular weight is 417 g/mol. The lowest BCUT2D eigenvalue weighted by Crippen LogP contribution is -2.28. The van der Waals surface area contributed by atoms with Gasteiger partial charge in [-0.05, 0) is 29.9 Å². The predicted molar refractivity (Wildman–Crippen MR) is 111 cm³/mol. The number of hydrogen-bond acceptors (Lipinski definition) is 6. The third kappa shape index (κ3) is 3.20. The Labute approximate surface area is 178 Å². The van der Waals surface area contributed by atoms with Crippen LogP contribution in [0.1, 0.15) is 17.5 Å². The second-order valence-corrected chi connectivity index (χ2v) is 7.96. The van der Waals surface area contributed by atoms with Crippen molar-refractivity contribution >= 4 is 23.7 Å². The van der Waals surface area contributed by atoms with E-state index in [9.17, 15) is 19.7 Å². The summed E-state index contributed by atoms with van der Waals surface area (Å²) in [5.74, 6) is -1.08. The van der Waals surface area contributed by atoms with Crippen LogP contribution in [0.3, 0.4) is 0 Å².